The molecule has 3 aromatic rings. The van der Waals surface area contributed by atoms with Crippen molar-refractivity contribution in [2.45, 2.75) is 25.5 Å². The van der Waals surface area contributed by atoms with E-state index >= 15 is 0 Å². The second kappa shape index (κ2) is 10.2. The standard InChI is InChI=1S/C26H28N2O4S/c1-20-8-5-6-9-22(20)19-33(30,31)28-17-7-10-21(18-28)26(29)27-23-13-15-25(16-14-23)32-24-11-3-2-4-12-24/h2-6,8-9,11-16,21H,7,10,17-19H2,1H3,(H,27,29). The van der Waals surface area contributed by atoms with E-state index in [0.717, 1.165) is 16.9 Å². The number of hydrogen-bond acceptors (Lipinski definition) is 4. The molecule has 6 nitrogen and oxygen atoms in total. The lowest BCUT2D eigenvalue weighted by Gasteiger charge is -2.31. The monoisotopic (exact) mass is 464 g/mol. The minimum atomic E-state index is -3.50. The number of sulfonamides is 1. The number of amides is 1. The van der Waals surface area contributed by atoms with Crippen molar-refractivity contribution in [2.75, 3.05) is 18.4 Å². The molecule has 1 aliphatic rings. The van der Waals surface area contributed by atoms with Gasteiger partial charge in [0.05, 0.1) is 11.7 Å². The highest BCUT2D eigenvalue weighted by molar-refractivity contribution is 7.88. The maximum atomic E-state index is 13.0. The lowest BCUT2D eigenvalue weighted by atomic mass is 9.99. The number of carbonyl (C=O) groups excluding carboxylic acids is 1. The highest BCUT2D eigenvalue weighted by Gasteiger charge is 2.32. The minimum absolute atomic E-state index is 0.0448. The van der Waals surface area contributed by atoms with Gasteiger partial charge in [0.2, 0.25) is 15.9 Å². The molecule has 3 aromatic carbocycles. The molecule has 1 fully saturated rings. The molecule has 0 saturated carbocycles. The normalized spacial score (nSPS) is 16.8. The first kappa shape index (κ1) is 23.0. The number of nitrogens with one attached hydrogen (secondary N) is 1. The van der Waals surface area contributed by atoms with E-state index in [1.165, 1.54) is 4.31 Å². The Morgan fingerprint density at radius 1 is 0.970 bits per heavy atom. The molecule has 1 aliphatic heterocycles. The molecule has 33 heavy (non-hydrogen) atoms. The maximum Gasteiger partial charge on any atom is 0.228 e. The Hall–Kier alpha value is -3.16. The van der Waals surface area contributed by atoms with Gasteiger partial charge in [-0.25, -0.2) is 12.7 Å². The quantitative estimate of drug-likeness (QED) is 0.536. The van der Waals surface area contributed by atoms with Crippen LogP contribution in [0.15, 0.2) is 78.9 Å². The number of rotatable bonds is 7. The molecule has 1 heterocycles. The van der Waals surface area contributed by atoms with Crippen LogP contribution in [0.3, 0.4) is 0 Å². The first-order chi connectivity index (χ1) is 15.9. The number of piperidine rings is 1. The Morgan fingerprint density at radius 3 is 2.36 bits per heavy atom. The van der Waals surface area contributed by atoms with Crippen LogP contribution < -0.4 is 10.1 Å². The molecule has 0 bridgehead atoms. The second-order valence-corrected chi connectivity index (χ2v) is 10.3. The van der Waals surface area contributed by atoms with E-state index in [2.05, 4.69) is 5.32 Å². The summed E-state index contributed by atoms with van der Waals surface area (Å²) in [6, 6.07) is 24.1. The third-order valence-corrected chi connectivity index (χ3v) is 7.64. The summed E-state index contributed by atoms with van der Waals surface area (Å²) in [6.07, 6.45) is 1.33. The van der Waals surface area contributed by atoms with E-state index in [1.54, 1.807) is 24.3 Å². The van der Waals surface area contributed by atoms with Crippen LogP contribution in [0.2, 0.25) is 0 Å². The summed E-state index contributed by atoms with van der Waals surface area (Å²) in [5.74, 6) is 0.818. The fourth-order valence-corrected chi connectivity index (χ4v) is 5.66. The molecule has 1 unspecified atom stereocenters. The van der Waals surface area contributed by atoms with E-state index in [9.17, 15) is 13.2 Å². The van der Waals surface area contributed by atoms with Gasteiger partial charge < -0.3 is 10.1 Å². The summed E-state index contributed by atoms with van der Waals surface area (Å²) >= 11 is 0. The summed E-state index contributed by atoms with van der Waals surface area (Å²) in [5, 5.41) is 2.92. The van der Waals surface area contributed by atoms with E-state index in [4.69, 9.17) is 4.74 Å². The van der Waals surface area contributed by atoms with Gasteiger partial charge >= 0.3 is 0 Å². The van der Waals surface area contributed by atoms with Crippen molar-refractivity contribution in [1.29, 1.82) is 0 Å². The highest BCUT2D eigenvalue weighted by atomic mass is 32.2. The molecule has 0 spiro atoms. The minimum Gasteiger partial charge on any atom is -0.457 e. The Bertz CT molecular complexity index is 1190. The van der Waals surface area contributed by atoms with Crippen LogP contribution in [-0.4, -0.2) is 31.7 Å². The van der Waals surface area contributed by atoms with Crippen LogP contribution >= 0.6 is 0 Å². The third kappa shape index (κ3) is 6.00. The van der Waals surface area contributed by atoms with Crippen molar-refractivity contribution in [1.82, 2.24) is 4.31 Å². The summed E-state index contributed by atoms with van der Waals surface area (Å²) < 4.78 is 33.2. The fourth-order valence-electron chi connectivity index (χ4n) is 3.94. The predicted molar refractivity (Wildman–Crippen MR) is 130 cm³/mol. The maximum absolute atomic E-state index is 13.0. The van der Waals surface area contributed by atoms with Crippen molar-refractivity contribution >= 4 is 21.6 Å². The zero-order valence-corrected chi connectivity index (χ0v) is 19.4. The van der Waals surface area contributed by atoms with E-state index in [-0.39, 0.29) is 24.1 Å². The van der Waals surface area contributed by atoms with Crippen molar-refractivity contribution < 1.29 is 17.9 Å². The Balaban J connectivity index is 1.36. The van der Waals surface area contributed by atoms with Crippen LogP contribution in [0.4, 0.5) is 5.69 Å². The largest absolute Gasteiger partial charge is 0.457 e. The molecule has 1 N–H and O–H groups in total. The Labute approximate surface area is 195 Å². The number of benzene rings is 3. The van der Waals surface area contributed by atoms with Gasteiger partial charge in [0.1, 0.15) is 11.5 Å². The summed E-state index contributed by atoms with van der Waals surface area (Å²) in [6.45, 7) is 2.56. The summed E-state index contributed by atoms with van der Waals surface area (Å²) in [7, 11) is -3.50. The lowest BCUT2D eigenvalue weighted by molar-refractivity contribution is -0.120. The lowest BCUT2D eigenvalue weighted by Crippen LogP contribution is -2.44. The van der Waals surface area contributed by atoms with Gasteiger partial charge in [0.15, 0.2) is 0 Å². The SMILES string of the molecule is Cc1ccccc1CS(=O)(=O)N1CCCC(C(=O)Nc2ccc(Oc3ccccc3)cc2)C1. The Kier molecular flexibility index (Phi) is 7.11. The number of ether oxygens (including phenoxy) is 1. The first-order valence-corrected chi connectivity index (χ1v) is 12.7. The van der Waals surface area contributed by atoms with E-state index < -0.39 is 10.0 Å². The van der Waals surface area contributed by atoms with E-state index in [1.807, 2.05) is 61.5 Å². The molecule has 7 heteroatoms. The number of carbonyl (C=O) groups is 1. The molecule has 0 radical (unpaired) electrons. The average molecular weight is 465 g/mol. The van der Waals surface area contributed by atoms with Gasteiger partial charge in [-0.1, -0.05) is 42.5 Å². The molecule has 4 rings (SSSR count). The molecule has 0 aromatic heterocycles. The fraction of sp³-hybridized carbons (Fsp3) is 0.269. The van der Waals surface area contributed by atoms with Gasteiger partial charge in [0, 0.05) is 18.8 Å². The second-order valence-electron chi connectivity index (χ2n) is 8.31. The van der Waals surface area contributed by atoms with Crippen molar-refractivity contribution in [3.05, 3.63) is 90.0 Å². The van der Waals surface area contributed by atoms with Gasteiger partial charge in [-0.05, 0) is 67.3 Å². The molecule has 1 atom stereocenters. The zero-order chi connectivity index (χ0) is 23.3. The topological polar surface area (TPSA) is 75.7 Å². The van der Waals surface area contributed by atoms with E-state index in [0.29, 0.717) is 30.8 Å². The Morgan fingerprint density at radius 2 is 1.64 bits per heavy atom. The smallest absolute Gasteiger partial charge is 0.228 e. The number of anilines is 1. The molecule has 1 amide bonds. The van der Waals surface area contributed by atoms with Crippen molar-refractivity contribution in [2.24, 2.45) is 5.92 Å². The number of aryl methyl sites for hydroxylation is 1. The molecule has 0 aliphatic carbocycles. The summed E-state index contributed by atoms with van der Waals surface area (Å²) in [4.78, 5) is 12.9. The highest BCUT2D eigenvalue weighted by Crippen LogP contribution is 2.25. The van der Waals surface area contributed by atoms with Gasteiger partial charge in [-0.3, -0.25) is 4.79 Å². The van der Waals surface area contributed by atoms with Gasteiger partial charge in [-0.2, -0.15) is 0 Å². The predicted octanol–water partition coefficient (Wildman–Crippen LogP) is 4.97. The first-order valence-electron chi connectivity index (χ1n) is 11.1. The molecule has 1 saturated heterocycles. The van der Waals surface area contributed by atoms with Crippen molar-refractivity contribution in [3.8, 4) is 11.5 Å². The zero-order valence-electron chi connectivity index (χ0n) is 18.6. The van der Waals surface area contributed by atoms with Gasteiger partial charge in [0.25, 0.3) is 0 Å². The molecular weight excluding hydrogens is 436 g/mol. The number of para-hydroxylation sites is 1. The molecule has 172 valence electrons. The number of hydrogen-bond donors (Lipinski definition) is 1. The molecular formula is C26H28N2O4S. The average Bonchev–Trinajstić information content (AvgIpc) is 2.82. The van der Waals surface area contributed by atoms with Crippen LogP contribution in [0, 0.1) is 12.8 Å². The van der Waals surface area contributed by atoms with Crippen LogP contribution in [0.25, 0.3) is 0 Å². The van der Waals surface area contributed by atoms with Crippen molar-refractivity contribution in [3.63, 3.8) is 0 Å². The van der Waals surface area contributed by atoms with Crippen LogP contribution in [0.5, 0.6) is 11.5 Å². The van der Waals surface area contributed by atoms with Crippen LogP contribution in [0.1, 0.15) is 24.0 Å². The van der Waals surface area contributed by atoms with Gasteiger partial charge in [-0.15, -0.1) is 0 Å². The third-order valence-electron chi connectivity index (χ3n) is 5.85. The number of nitrogens with zero attached hydrogens (tertiary/aromatic N) is 1. The van der Waals surface area contributed by atoms with Crippen LogP contribution in [-0.2, 0) is 20.6 Å². The summed E-state index contributed by atoms with van der Waals surface area (Å²) in [5.41, 5.74) is 2.40.